The fourth-order valence-electron chi connectivity index (χ4n) is 2.28. The van der Waals surface area contributed by atoms with Crippen LogP contribution in [-0.4, -0.2) is 48.2 Å². The molecule has 0 amide bonds. The van der Waals surface area contributed by atoms with E-state index in [1.807, 2.05) is 0 Å². The van der Waals surface area contributed by atoms with Gasteiger partial charge in [0.15, 0.2) is 0 Å². The van der Waals surface area contributed by atoms with Crippen molar-refractivity contribution < 1.29 is 14.9 Å². The van der Waals surface area contributed by atoms with Gasteiger partial charge < -0.3 is 20.3 Å². The number of aliphatic hydroxyl groups excluding tert-OH is 2. The second kappa shape index (κ2) is 8.86. The number of rotatable bonds is 8. The molecule has 4 nitrogen and oxygen atoms in total. The predicted molar refractivity (Wildman–Crippen MR) is 72.5 cm³/mol. The summed E-state index contributed by atoms with van der Waals surface area (Å²) in [6, 6.07) is 0. The van der Waals surface area contributed by atoms with Crippen LogP contribution < -0.4 is 5.32 Å². The van der Waals surface area contributed by atoms with Crippen molar-refractivity contribution in [3.05, 3.63) is 0 Å². The molecule has 1 aliphatic rings. The van der Waals surface area contributed by atoms with E-state index in [2.05, 4.69) is 12.2 Å². The molecular weight excluding hydrogens is 230 g/mol. The fraction of sp³-hybridized carbons (Fsp3) is 1.00. The van der Waals surface area contributed by atoms with E-state index in [1.54, 1.807) is 6.92 Å². The number of hydrogen-bond acceptors (Lipinski definition) is 4. The summed E-state index contributed by atoms with van der Waals surface area (Å²) in [7, 11) is 0. The lowest BCUT2D eigenvalue weighted by molar-refractivity contribution is -0.0278. The summed E-state index contributed by atoms with van der Waals surface area (Å²) in [6.45, 7) is 5.74. The Bertz CT molecular complexity index is 203. The van der Waals surface area contributed by atoms with Gasteiger partial charge >= 0.3 is 0 Å². The van der Waals surface area contributed by atoms with Crippen LogP contribution in [0, 0.1) is 5.92 Å². The third kappa shape index (κ3) is 7.31. The summed E-state index contributed by atoms with van der Waals surface area (Å²) in [4.78, 5) is 0. The van der Waals surface area contributed by atoms with Gasteiger partial charge in [-0.15, -0.1) is 0 Å². The van der Waals surface area contributed by atoms with Crippen molar-refractivity contribution in [3.63, 3.8) is 0 Å². The molecule has 0 aromatic carbocycles. The van der Waals surface area contributed by atoms with Crippen molar-refractivity contribution in [3.8, 4) is 0 Å². The van der Waals surface area contributed by atoms with Gasteiger partial charge in [-0.05, 0) is 51.5 Å². The van der Waals surface area contributed by atoms with E-state index < -0.39 is 6.10 Å². The van der Waals surface area contributed by atoms with Crippen LogP contribution in [0.3, 0.4) is 0 Å². The van der Waals surface area contributed by atoms with Crippen molar-refractivity contribution in [2.75, 3.05) is 19.7 Å². The average Bonchev–Trinajstić information content (AvgIpc) is 2.34. The summed E-state index contributed by atoms with van der Waals surface area (Å²) in [5, 5.41) is 22.0. The predicted octanol–water partition coefficient (Wildman–Crippen LogP) is 1.30. The molecule has 0 radical (unpaired) electrons. The fourth-order valence-corrected chi connectivity index (χ4v) is 2.28. The molecule has 0 aromatic rings. The van der Waals surface area contributed by atoms with Gasteiger partial charge in [0, 0.05) is 6.54 Å². The first-order valence-electron chi connectivity index (χ1n) is 7.26. The van der Waals surface area contributed by atoms with E-state index in [9.17, 15) is 5.11 Å². The van der Waals surface area contributed by atoms with Crippen LogP contribution in [0.15, 0.2) is 0 Å². The molecule has 0 heterocycles. The van der Waals surface area contributed by atoms with Crippen molar-refractivity contribution in [1.82, 2.24) is 5.32 Å². The molecule has 3 N–H and O–H groups in total. The molecule has 2 unspecified atom stereocenters. The highest BCUT2D eigenvalue weighted by molar-refractivity contribution is 4.71. The molecule has 1 fully saturated rings. The normalized spacial score (nSPS) is 28.0. The Kier molecular flexibility index (Phi) is 7.82. The van der Waals surface area contributed by atoms with Gasteiger partial charge in [-0.25, -0.2) is 0 Å². The van der Waals surface area contributed by atoms with Crippen LogP contribution in [0.4, 0.5) is 0 Å². The minimum atomic E-state index is -0.446. The highest BCUT2D eigenvalue weighted by atomic mass is 16.5. The summed E-state index contributed by atoms with van der Waals surface area (Å²) in [5.74, 6) is 0.830. The molecule has 0 saturated heterocycles. The first-order valence-corrected chi connectivity index (χ1v) is 7.26. The molecule has 0 spiro atoms. The Morgan fingerprint density at radius 3 is 2.50 bits per heavy atom. The maximum absolute atomic E-state index is 9.75. The largest absolute Gasteiger partial charge is 0.393 e. The smallest absolute Gasteiger partial charge is 0.0897 e. The summed E-state index contributed by atoms with van der Waals surface area (Å²) in [5.41, 5.74) is 0. The lowest BCUT2D eigenvalue weighted by atomic mass is 9.89. The zero-order valence-electron chi connectivity index (χ0n) is 11.8. The topological polar surface area (TPSA) is 61.7 Å². The summed E-state index contributed by atoms with van der Waals surface area (Å²) < 4.78 is 5.73. The Morgan fingerprint density at radius 2 is 1.89 bits per heavy atom. The molecule has 1 aliphatic carbocycles. The van der Waals surface area contributed by atoms with Gasteiger partial charge in [0.1, 0.15) is 0 Å². The maximum Gasteiger partial charge on any atom is 0.0897 e. The highest BCUT2D eigenvalue weighted by Gasteiger charge is 2.19. The Morgan fingerprint density at radius 1 is 1.22 bits per heavy atom. The third-order valence-corrected chi connectivity index (χ3v) is 3.61. The number of ether oxygens (including phenoxy) is 1. The zero-order chi connectivity index (χ0) is 13.4. The Balaban J connectivity index is 1.97. The van der Waals surface area contributed by atoms with E-state index >= 15 is 0 Å². The first-order chi connectivity index (χ1) is 8.58. The van der Waals surface area contributed by atoms with E-state index in [0.29, 0.717) is 25.7 Å². The standard InChI is InChI=1S/C14H29NO3/c1-11-3-5-14(6-4-11)18-10-13(17)9-15-8-7-12(2)16/h11-17H,3-10H2,1-2H3. The summed E-state index contributed by atoms with van der Waals surface area (Å²) in [6.07, 6.45) is 5.07. The lowest BCUT2D eigenvalue weighted by Gasteiger charge is -2.27. The molecule has 4 heteroatoms. The monoisotopic (exact) mass is 259 g/mol. The molecular formula is C14H29NO3. The molecule has 2 atom stereocenters. The molecule has 18 heavy (non-hydrogen) atoms. The second-order valence-electron chi connectivity index (χ2n) is 5.71. The van der Waals surface area contributed by atoms with Crippen LogP contribution in [0.25, 0.3) is 0 Å². The van der Waals surface area contributed by atoms with Gasteiger partial charge in [0.2, 0.25) is 0 Å². The van der Waals surface area contributed by atoms with Crippen LogP contribution in [0.1, 0.15) is 46.0 Å². The van der Waals surface area contributed by atoms with Gasteiger partial charge in [-0.3, -0.25) is 0 Å². The number of hydrogen-bond donors (Lipinski definition) is 3. The average molecular weight is 259 g/mol. The molecule has 1 saturated carbocycles. The minimum Gasteiger partial charge on any atom is -0.393 e. The van der Waals surface area contributed by atoms with Crippen LogP contribution in [0.2, 0.25) is 0 Å². The second-order valence-corrected chi connectivity index (χ2v) is 5.71. The van der Waals surface area contributed by atoms with E-state index in [1.165, 1.54) is 12.8 Å². The van der Waals surface area contributed by atoms with Crippen molar-refractivity contribution in [2.45, 2.75) is 64.3 Å². The first kappa shape index (κ1) is 15.9. The lowest BCUT2D eigenvalue weighted by Crippen LogP contribution is -2.34. The number of nitrogens with one attached hydrogen (secondary N) is 1. The molecule has 108 valence electrons. The third-order valence-electron chi connectivity index (χ3n) is 3.61. The molecule has 0 aliphatic heterocycles. The van der Waals surface area contributed by atoms with Gasteiger partial charge in [0.05, 0.1) is 24.9 Å². The Hall–Kier alpha value is -0.160. The van der Waals surface area contributed by atoms with Crippen LogP contribution in [0.5, 0.6) is 0 Å². The van der Waals surface area contributed by atoms with Crippen LogP contribution >= 0.6 is 0 Å². The van der Waals surface area contributed by atoms with Gasteiger partial charge in [0.25, 0.3) is 0 Å². The summed E-state index contributed by atoms with van der Waals surface area (Å²) >= 11 is 0. The van der Waals surface area contributed by atoms with Crippen molar-refractivity contribution in [2.24, 2.45) is 5.92 Å². The highest BCUT2D eigenvalue weighted by Crippen LogP contribution is 2.25. The zero-order valence-corrected chi connectivity index (χ0v) is 11.8. The van der Waals surface area contributed by atoms with Gasteiger partial charge in [-0.2, -0.15) is 0 Å². The maximum atomic E-state index is 9.75. The van der Waals surface area contributed by atoms with E-state index in [0.717, 1.165) is 25.3 Å². The van der Waals surface area contributed by atoms with E-state index in [4.69, 9.17) is 9.84 Å². The molecule has 0 aromatic heterocycles. The molecule has 0 bridgehead atoms. The quantitative estimate of drug-likeness (QED) is 0.575. The Labute approximate surface area is 111 Å². The number of aliphatic hydroxyl groups is 2. The van der Waals surface area contributed by atoms with E-state index in [-0.39, 0.29) is 6.10 Å². The van der Waals surface area contributed by atoms with Crippen molar-refractivity contribution in [1.29, 1.82) is 0 Å². The van der Waals surface area contributed by atoms with Crippen LogP contribution in [-0.2, 0) is 4.74 Å². The minimum absolute atomic E-state index is 0.282. The molecule has 1 rings (SSSR count). The SMILES string of the molecule is CC(O)CCNCC(O)COC1CCC(C)CC1. The van der Waals surface area contributed by atoms with Crippen molar-refractivity contribution >= 4 is 0 Å². The van der Waals surface area contributed by atoms with Gasteiger partial charge in [-0.1, -0.05) is 6.92 Å².